The zero-order valence-corrected chi connectivity index (χ0v) is 13.0. The van der Waals surface area contributed by atoms with Gasteiger partial charge in [0.1, 0.15) is 12.4 Å². The molecule has 1 aliphatic carbocycles. The molecule has 0 radical (unpaired) electrons. The van der Waals surface area contributed by atoms with E-state index < -0.39 is 0 Å². The Morgan fingerprint density at radius 2 is 2.30 bits per heavy atom. The van der Waals surface area contributed by atoms with Crippen molar-refractivity contribution in [2.45, 2.75) is 65.5 Å². The van der Waals surface area contributed by atoms with Gasteiger partial charge in [-0.1, -0.05) is 33.6 Å². The fourth-order valence-corrected chi connectivity index (χ4v) is 2.77. The third kappa shape index (κ3) is 4.82. The van der Waals surface area contributed by atoms with Crippen molar-refractivity contribution in [2.24, 2.45) is 11.8 Å². The van der Waals surface area contributed by atoms with E-state index in [0.717, 1.165) is 37.5 Å². The van der Waals surface area contributed by atoms with E-state index in [1.807, 2.05) is 0 Å². The van der Waals surface area contributed by atoms with Crippen LogP contribution in [-0.2, 0) is 6.54 Å². The number of nitrogens with zero attached hydrogens (tertiary/aromatic N) is 1. The average molecular weight is 280 g/mol. The highest BCUT2D eigenvalue weighted by molar-refractivity contribution is 5.00. The van der Waals surface area contributed by atoms with Crippen molar-refractivity contribution in [3.05, 3.63) is 12.0 Å². The molecule has 20 heavy (non-hydrogen) atoms. The SMILES string of the molecule is CCC1CCCC(Oc2nc(CNCC(C)C)co2)C1. The summed E-state index contributed by atoms with van der Waals surface area (Å²) in [6, 6.07) is 0. The Hall–Kier alpha value is -1.03. The Labute approximate surface area is 122 Å². The van der Waals surface area contributed by atoms with Crippen molar-refractivity contribution < 1.29 is 9.15 Å². The predicted octanol–water partition coefficient (Wildman–Crippen LogP) is 3.77. The van der Waals surface area contributed by atoms with Crippen LogP contribution in [0.3, 0.4) is 0 Å². The van der Waals surface area contributed by atoms with Crippen molar-refractivity contribution in [1.82, 2.24) is 10.3 Å². The van der Waals surface area contributed by atoms with Crippen LogP contribution in [0.25, 0.3) is 0 Å². The molecule has 4 heteroatoms. The van der Waals surface area contributed by atoms with Crippen LogP contribution < -0.4 is 10.1 Å². The van der Waals surface area contributed by atoms with Gasteiger partial charge < -0.3 is 14.5 Å². The summed E-state index contributed by atoms with van der Waals surface area (Å²) in [6.07, 6.45) is 8.52. The highest BCUT2D eigenvalue weighted by Crippen LogP contribution is 2.29. The smallest absolute Gasteiger partial charge is 0.394 e. The second-order valence-electron chi connectivity index (χ2n) is 6.31. The molecule has 114 valence electrons. The molecule has 1 aromatic heterocycles. The van der Waals surface area contributed by atoms with Crippen LogP contribution >= 0.6 is 0 Å². The molecule has 1 heterocycles. The van der Waals surface area contributed by atoms with Crippen LogP contribution in [0.5, 0.6) is 6.08 Å². The minimum Gasteiger partial charge on any atom is -0.447 e. The van der Waals surface area contributed by atoms with Gasteiger partial charge in [-0.15, -0.1) is 0 Å². The number of oxazole rings is 1. The summed E-state index contributed by atoms with van der Waals surface area (Å²) in [7, 11) is 0. The number of hydrogen-bond donors (Lipinski definition) is 1. The first-order valence-corrected chi connectivity index (χ1v) is 7.99. The molecule has 0 bridgehead atoms. The third-order valence-corrected chi connectivity index (χ3v) is 3.97. The lowest BCUT2D eigenvalue weighted by Gasteiger charge is -2.27. The van der Waals surface area contributed by atoms with Gasteiger partial charge in [0.25, 0.3) is 0 Å². The van der Waals surface area contributed by atoms with Gasteiger partial charge in [-0.05, 0) is 37.6 Å². The monoisotopic (exact) mass is 280 g/mol. The number of rotatable bonds is 7. The van der Waals surface area contributed by atoms with E-state index in [9.17, 15) is 0 Å². The summed E-state index contributed by atoms with van der Waals surface area (Å²) in [4.78, 5) is 4.40. The van der Waals surface area contributed by atoms with Gasteiger partial charge in [0.15, 0.2) is 0 Å². The Bertz CT molecular complexity index is 390. The van der Waals surface area contributed by atoms with Crippen LogP contribution in [0.15, 0.2) is 10.7 Å². The molecule has 1 N–H and O–H groups in total. The van der Waals surface area contributed by atoms with Crippen molar-refractivity contribution >= 4 is 0 Å². The zero-order valence-electron chi connectivity index (χ0n) is 13.0. The summed E-state index contributed by atoms with van der Waals surface area (Å²) in [5.74, 6) is 1.45. The maximum atomic E-state index is 5.89. The molecule has 0 aromatic carbocycles. The quantitative estimate of drug-likeness (QED) is 0.826. The minimum absolute atomic E-state index is 0.281. The van der Waals surface area contributed by atoms with E-state index in [4.69, 9.17) is 9.15 Å². The molecular weight excluding hydrogens is 252 g/mol. The average Bonchev–Trinajstić information content (AvgIpc) is 2.86. The standard InChI is InChI=1S/C16H28N2O2/c1-4-13-6-5-7-15(8-13)20-16-18-14(11-19-16)10-17-9-12(2)3/h11-13,15,17H,4-10H2,1-3H3. The highest BCUT2D eigenvalue weighted by Gasteiger charge is 2.23. The van der Waals surface area contributed by atoms with Gasteiger partial charge in [-0.3, -0.25) is 0 Å². The molecule has 2 unspecified atom stereocenters. The Morgan fingerprint density at radius 3 is 3.05 bits per heavy atom. The second kappa shape index (κ2) is 7.67. The molecule has 1 aliphatic rings. The van der Waals surface area contributed by atoms with E-state index in [2.05, 4.69) is 31.1 Å². The van der Waals surface area contributed by atoms with Crippen LogP contribution in [-0.4, -0.2) is 17.6 Å². The molecule has 0 aliphatic heterocycles. The molecular formula is C16H28N2O2. The largest absolute Gasteiger partial charge is 0.447 e. The lowest BCUT2D eigenvalue weighted by atomic mass is 9.86. The molecule has 0 saturated heterocycles. The van der Waals surface area contributed by atoms with Crippen LogP contribution in [0.4, 0.5) is 0 Å². The number of aromatic nitrogens is 1. The van der Waals surface area contributed by atoms with E-state index >= 15 is 0 Å². The third-order valence-electron chi connectivity index (χ3n) is 3.97. The van der Waals surface area contributed by atoms with Gasteiger partial charge in [0.05, 0.1) is 5.69 Å². The summed E-state index contributed by atoms with van der Waals surface area (Å²) in [6.45, 7) is 8.38. The molecule has 2 rings (SSSR count). The first kappa shape index (κ1) is 15.4. The second-order valence-corrected chi connectivity index (χ2v) is 6.31. The van der Waals surface area contributed by atoms with Gasteiger partial charge >= 0.3 is 6.08 Å². The number of nitrogens with one attached hydrogen (secondary N) is 1. The molecule has 1 saturated carbocycles. The fourth-order valence-electron chi connectivity index (χ4n) is 2.77. The molecule has 1 fully saturated rings. The van der Waals surface area contributed by atoms with E-state index in [-0.39, 0.29) is 6.10 Å². The van der Waals surface area contributed by atoms with Crippen LogP contribution in [0, 0.1) is 11.8 Å². The molecule has 2 atom stereocenters. The topological polar surface area (TPSA) is 47.3 Å². The molecule has 4 nitrogen and oxygen atoms in total. The Morgan fingerprint density at radius 1 is 1.45 bits per heavy atom. The van der Waals surface area contributed by atoms with Crippen molar-refractivity contribution in [2.75, 3.05) is 6.54 Å². The molecule has 1 aromatic rings. The summed E-state index contributed by atoms with van der Waals surface area (Å²) < 4.78 is 11.3. The highest BCUT2D eigenvalue weighted by atomic mass is 16.6. The summed E-state index contributed by atoms with van der Waals surface area (Å²) in [5, 5.41) is 3.36. The molecule has 0 spiro atoms. The normalized spacial score (nSPS) is 23.2. The van der Waals surface area contributed by atoms with Gasteiger partial charge in [-0.25, -0.2) is 0 Å². The summed E-state index contributed by atoms with van der Waals surface area (Å²) >= 11 is 0. The van der Waals surface area contributed by atoms with Crippen LogP contribution in [0.2, 0.25) is 0 Å². The maximum Gasteiger partial charge on any atom is 0.394 e. The van der Waals surface area contributed by atoms with Crippen LogP contribution in [0.1, 0.15) is 58.6 Å². The van der Waals surface area contributed by atoms with Gasteiger partial charge in [0, 0.05) is 6.54 Å². The fraction of sp³-hybridized carbons (Fsp3) is 0.812. The van der Waals surface area contributed by atoms with Crippen molar-refractivity contribution in [1.29, 1.82) is 0 Å². The minimum atomic E-state index is 0.281. The molecule has 0 amide bonds. The Balaban J connectivity index is 1.77. The van der Waals surface area contributed by atoms with Gasteiger partial charge in [0.2, 0.25) is 0 Å². The lowest BCUT2D eigenvalue weighted by Crippen LogP contribution is -2.25. The lowest BCUT2D eigenvalue weighted by molar-refractivity contribution is 0.0887. The van der Waals surface area contributed by atoms with E-state index in [1.165, 1.54) is 19.3 Å². The van der Waals surface area contributed by atoms with E-state index in [0.29, 0.717) is 12.0 Å². The first-order valence-electron chi connectivity index (χ1n) is 7.99. The van der Waals surface area contributed by atoms with Crippen molar-refractivity contribution in [3.8, 4) is 6.08 Å². The number of hydrogen-bond acceptors (Lipinski definition) is 4. The predicted molar refractivity (Wildman–Crippen MR) is 79.7 cm³/mol. The summed E-state index contributed by atoms with van der Waals surface area (Å²) in [5.41, 5.74) is 0.920. The zero-order chi connectivity index (χ0) is 14.4. The first-order chi connectivity index (χ1) is 9.67. The maximum absolute atomic E-state index is 5.89. The number of ether oxygens (including phenoxy) is 1. The van der Waals surface area contributed by atoms with Crippen molar-refractivity contribution in [3.63, 3.8) is 0 Å². The Kier molecular flexibility index (Phi) is 5.89. The van der Waals surface area contributed by atoms with E-state index in [1.54, 1.807) is 6.26 Å². The van der Waals surface area contributed by atoms with Gasteiger partial charge in [-0.2, -0.15) is 4.98 Å².